The van der Waals surface area contributed by atoms with E-state index in [-0.39, 0.29) is 17.6 Å². The number of benzene rings is 2. The van der Waals surface area contributed by atoms with Crippen molar-refractivity contribution < 1.29 is 18.8 Å². The Bertz CT molecular complexity index is 1180. The Balaban J connectivity index is 1.50. The van der Waals surface area contributed by atoms with Gasteiger partial charge in [0.2, 0.25) is 5.91 Å². The molecular formula is C25H27N3O4. The Morgan fingerprint density at radius 3 is 2.44 bits per heavy atom. The number of nitrogens with one attached hydrogen (secondary N) is 2. The molecule has 2 aromatic carbocycles. The van der Waals surface area contributed by atoms with Gasteiger partial charge >= 0.3 is 5.91 Å². The largest absolute Gasteiger partial charge is 0.451 e. The maximum atomic E-state index is 13.1. The second kappa shape index (κ2) is 8.86. The number of hydrazine groups is 1. The fourth-order valence-corrected chi connectivity index (χ4v) is 4.14. The van der Waals surface area contributed by atoms with Crippen molar-refractivity contribution >= 4 is 28.7 Å². The summed E-state index contributed by atoms with van der Waals surface area (Å²) in [4.78, 5) is 40.2. The molecule has 3 aromatic rings. The summed E-state index contributed by atoms with van der Waals surface area (Å²) in [6.07, 6.45) is 0.752. The highest BCUT2D eigenvalue weighted by Gasteiger charge is 2.35. The standard InChI is InChI=1S/C25H27N3O4/c1-15(2)12-22(29)28-14-18-9-5-4-8-17(18)13-20(28)24(30)26-27-25(31)23-16(3)19-10-6-7-11-21(19)32-23/h4-11,15,20H,12-14H2,1-3H3,(H,26,30)(H,27,31). The topological polar surface area (TPSA) is 91.7 Å². The Morgan fingerprint density at radius 1 is 1.03 bits per heavy atom. The number of carbonyl (C=O) groups excluding carboxylic acids is 3. The molecule has 7 nitrogen and oxygen atoms in total. The second-order valence-corrected chi connectivity index (χ2v) is 8.60. The number of amides is 3. The van der Waals surface area contributed by atoms with Gasteiger partial charge in [-0.2, -0.15) is 0 Å². The van der Waals surface area contributed by atoms with Gasteiger partial charge in [0, 0.05) is 30.3 Å². The number of aryl methyl sites for hydroxylation is 1. The number of furan rings is 1. The Kier molecular flexibility index (Phi) is 5.99. The van der Waals surface area contributed by atoms with E-state index in [2.05, 4.69) is 10.9 Å². The molecule has 0 saturated carbocycles. The molecule has 0 bridgehead atoms. The summed E-state index contributed by atoms with van der Waals surface area (Å²) in [6, 6.07) is 14.5. The number of carbonyl (C=O) groups is 3. The molecule has 0 spiro atoms. The summed E-state index contributed by atoms with van der Waals surface area (Å²) < 4.78 is 5.66. The number of rotatable bonds is 4. The molecule has 166 valence electrons. The van der Waals surface area contributed by atoms with Crippen LogP contribution >= 0.6 is 0 Å². The maximum Gasteiger partial charge on any atom is 0.305 e. The molecule has 2 heterocycles. The van der Waals surface area contributed by atoms with Crippen LogP contribution in [0.3, 0.4) is 0 Å². The lowest BCUT2D eigenvalue weighted by molar-refractivity contribution is -0.142. The van der Waals surface area contributed by atoms with Crippen LogP contribution in [0.1, 0.15) is 47.5 Å². The summed E-state index contributed by atoms with van der Waals surface area (Å²) in [5.74, 6) is -0.719. The zero-order valence-electron chi connectivity index (χ0n) is 18.5. The average Bonchev–Trinajstić information content (AvgIpc) is 3.12. The third-order valence-electron chi connectivity index (χ3n) is 5.80. The number of fused-ring (bicyclic) bond motifs is 2. The van der Waals surface area contributed by atoms with Crippen LogP contribution in [0.2, 0.25) is 0 Å². The van der Waals surface area contributed by atoms with E-state index in [4.69, 9.17) is 4.42 Å². The predicted molar refractivity (Wildman–Crippen MR) is 120 cm³/mol. The molecule has 1 aliphatic rings. The summed E-state index contributed by atoms with van der Waals surface area (Å²) in [5.41, 5.74) is 8.33. The molecule has 1 aromatic heterocycles. The van der Waals surface area contributed by atoms with Crippen LogP contribution < -0.4 is 10.9 Å². The maximum absolute atomic E-state index is 13.1. The van der Waals surface area contributed by atoms with E-state index in [0.717, 1.165) is 16.5 Å². The van der Waals surface area contributed by atoms with Crippen LogP contribution in [0.4, 0.5) is 0 Å². The van der Waals surface area contributed by atoms with Gasteiger partial charge in [0.1, 0.15) is 11.6 Å². The highest BCUT2D eigenvalue weighted by molar-refractivity contribution is 6.00. The molecule has 1 atom stereocenters. The van der Waals surface area contributed by atoms with Gasteiger partial charge in [-0.3, -0.25) is 25.2 Å². The molecule has 1 aliphatic heterocycles. The van der Waals surface area contributed by atoms with Crippen molar-refractivity contribution in [2.24, 2.45) is 5.92 Å². The van der Waals surface area contributed by atoms with E-state index in [0.29, 0.717) is 30.5 Å². The second-order valence-electron chi connectivity index (χ2n) is 8.60. The van der Waals surface area contributed by atoms with Crippen LogP contribution in [0.5, 0.6) is 0 Å². The van der Waals surface area contributed by atoms with Gasteiger partial charge in [0.05, 0.1) is 0 Å². The first-order chi connectivity index (χ1) is 15.3. The van der Waals surface area contributed by atoms with Crippen molar-refractivity contribution in [3.8, 4) is 0 Å². The molecular weight excluding hydrogens is 406 g/mol. The fourth-order valence-electron chi connectivity index (χ4n) is 4.14. The zero-order valence-corrected chi connectivity index (χ0v) is 18.5. The smallest absolute Gasteiger partial charge is 0.305 e. The first-order valence-corrected chi connectivity index (χ1v) is 10.8. The quantitative estimate of drug-likeness (QED) is 0.616. The van der Waals surface area contributed by atoms with Crippen molar-refractivity contribution in [3.63, 3.8) is 0 Å². The van der Waals surface area contributed by atoms with Crippen molar-refractivity contribution in [1.82, 2.24) is 15.8 Å². The molecule has 1 unspecified atom stereocenters. The summed E-state index contributed by atoms with van der Waals surface area (Å²) in [5, 5.41) is 0.846. The van der Waals surface area contributed by atoms with E-state index < -0.39 is 17.9 Å². The van der Waals surface area contributed by atoms with Gasteiger partial charge in [-0.15, -0.1) is 0 Å². The van der Waals surface area contributed by atoms with Crippen LogP contribution in [-0.4, -0.2) is 28.7 Å². The highest BCUT2D eigenvalue weighted by atomic mass is 16.3. The van der Waals surface area contributed by atoms with Crippen LogP contribution in [0.25, 0.3) is 11.0 Å². The van der Waals surface area contributed by atoms with Gasteiger partial charge in [-0.1, -0.05) is 56.3 Å². The molecule has 3 amide bonds. The van der Waals surface area contributed by atoms with Crippen LogP contribution in [-0.2, 0) is 22.6 Å². The third-order valence-corrected chi connectivity index (χ3v) is 5.80. The summed E-state index contributed by atoms with van der Waals surface area (Å²) >= 11 is 0. The van der Waals surface area contributed by atoms with Gasteiger partial charge in [0.25, 0.3) is 5.91 Å². The van der Waals surface area contributed by atoms with E-state index in [1.807, 2.05) is 56.3 Å². The lowest BCUT2D eigenvalue weighted by Gasteiger charge is -2.36. The predicted octanol–water partition coefficient (Wildman–Crippen LogP) is 3.50. The molecule has 0 saturated heterocycles. The van der Waals surface area contributed by atoms with Gasteiger partial charge in [-0.05, 0) is 30.0 Å². The first-order valence-electron chi connectivity index (χ1n) is 10.8. The molecule has 0 aliphatic carbocycles. The zero-order chi connectivity index (χ0) is 22.8. The lowest BCUT2D eigenvalue weighted by Crippen LogP contribution is -2.56. The SMILES string of the molecule is Cc1c(C(=O)NNC(=O)C2Cc3ccccc3CN2C(=O)CC(C)C)oc2ccccc12. The number of hydrogen-bond acceptors (Lipinski definition) is 4. The van der Waals surface area contributed by atoms with Gasteiger partial charge < -0.3 is 9.32 Å². The Hall–Kier alpha value is -3.61. The van der Waals surface area contributed by atoms with E-state index in [9.17, 15) is 14.4 Å². The third kappa shape index (κ3) is 4.23. The van der Waals surface area contributed by atoms with Crippen molar-refractivity contribution in [1.29, 1.82) is 0 Å². The number of para-hydroxylation sites is 1. The minimum atomic E-state index is -0.701. The molecule has 0 fully saturated rings. The van der Waals surface area contributed by atoms with Crippen LogP contribution in [0, 0.1) is 12.8 Å². The fraction of sp³-hybridized carbons (Fsp3) is 0.320. The highest BCUT2D eigenvalue weighted by Crippen LogP contribution is 2.26. The Labute approximate surface area is 186 Å². The molecule has 2 N–H and O–H groups in total. The van der Waals surface area contributed by atoms with E-state index >= 15 is 0 Å². The normalized spacial score (nSPS) is 15.5. The molecule has 4 rings (SSSR count). The first kappa shape index (κ1) is 21.6. The number of nitrogens with zero attached hydrogens (tertiary/aromatic N) is 1. The monoisotopic (exact) mass is 433 g/mol. The van der Waals surface area contributed by atoms with Crippen molar-refractivity contribution in [2.45, 2.75) is 46.2 Å². The Morgan fingerprint density at radius 2 is 1.72 bits per heavy atom. The molecule has 0 radical (unpaired) electrons. The van der Waals surface area contributed by atoms with Crippen LogP contribution in [0.15, 0.2) is 52.9 Å². The minimum absolute atomic E-state index is 0.0749. The summed E-state index contributed by atoms with van der Waals surface area (Å²) in [7, 11) is 0. The van der Waals surface area contributed by atoms with E-state index in [1.165, 1.54) is 0 Å². The summed E-state index contributed by atoms with van der Waals surface area (Å²) in [6.45, 7) is 6.12. The van der Waals surface area contributed by atoms with E-state index in [1.54, 1.807) is 17.9 Å². The van der Waals surface area contributed by atoms with Crippen molar-refractivity contribution in [2.75, 3.05) is 0 Å². The van der Waals surface area contributed by atoms with Gasteiger partial charge in [-0.25, -0.2) is 0 Å². The molecule has 7 heteroatoms. The minimum Gasteiger partial charge on any atom is -0.451 e. The van der Waals surface area contributed by atoms with Crippen molar-refractivity contribution in [3.05, 3.63) is 71.0 Å². The van der Waals surface area contributed by atoms with Gasteiger partial charge in [0.15, 0.2) is 5.76 Å². The lowest BCUT2D eigenvalue weighted by atomic mass is 9.92. The molecule has 32 heavy (non-hydrogen) atoms. The number of hydrogen-bond donors (Lipinski definition) is 2. The average molecular weight is 434 g/mol.